The molecule has 146 valence electrons. The van der Waals surface area contributed by atoms with E-state index in [2.05, 4.69) is 21.5 Å². The van der Waals surface area contributed by atoms with Crippen molar-refractivity contribution in [3.8, 4) is 0 Å². The Morgan fingerprint density at radius 1 is 0.893 bits per heavy atom. The Bertz CT molecular complexity index is 927. The fraction of sp³-hybridized carbons (Fsp3) is 0.105. The molecule has 0 saturated carbocycles. The molecule has 9 heteroatoms. The van der Waals surface area contributed by atoms with E-state index in [0.717, 1.165) is 0 Å². The van der Waals surface area contributed by atoms with Crippen molar-refractivity contribution in [2.75, 3.05) is 10.6 Å². The average Bonchev–Trinajstić information content (AvgIpc) is 2.65. The number of amides is 3. The molecule has 0 radical (unpaired) electrons. The minimum Gasteiger partial charge on any atom is -0.322 e. The molecule has 0 aromatic heterocycles. The van der Waals surface area contributed by atoms with Crippen LogP contribution in [0.5, 0.6) is 0 Å². The molecule has 0 atom stereocenters. The highest BCUT2D eigenvalue weighted by Crippen LogP contribution is 2.22. The zero-order valence-corrected chi connectivity index (χ0v) is 16.6. The number of carbonyl (C=O) groups excluding carboxylic acids is 3. The Kier molecular flexibility index (Phi) is 7.43. The SMILES string of the molecule is CC(=CC(=O)Nc1ccc(Cl)cc1)NNC(=O)C(=O)Nc1cccc(Cl)c1C. The highest BCUT2D eigenvalue weighted by atomic mass is 35.5. The van der Waals surface area contributed by atoms with E-state index in [1.807, 2.05) is 0 Å². The molecular formula is C19H18Cl2N4O3. The van der Waals surface area contributed by atoms with E-state index < -0.39 is 17.7 Å². The van der Waals surface area contributed by atoms with Gasteiger partial charge < -0.3 is 16.1 Å². The number of hydrogen-bond donors (Lipinski definition) is 4. The number of halogens is 2. The van der Waals surface area contributed by atoms with Crippen LogP contribution in [0.25, 0.3) is 0 Å². The van der Waals surface area contributed by atoms with Crippen LogP contribution in [0.4, 0.5) is 11.4 Å². The maximum Gasteiger partial charge on any atom is 0.327 e. The van der Waals surface area contributed by atoms with Crippen LogP contribution in [0.2, 0.25) is 10.0 Å². The van der Waals surface area contributed by atoms with Gasteiger partial charge in [-0.3, -0.25) is 19.8 Å². The number of carbonyl (C=O) groups is 3. The van der Waals surface area contributed by atoms with Gasteiger partial charge in [0, 0.05) is 33.2 Å². The zero-order chi connectivity index (χ0) is 20.7. The Hall–Kier alpha value is -3.03. The van der Waals surface area contributed by atoms with Gasteiger partial charge in [0.05, 0.1) is 0 Å². The maximum atomic E-state index is 12.0. The lowest BCUT2D eigenvalue weighted by Gasteiger charge is -2.11. The smallest absolute Gasteiger partial charge is 0.322 e. The van der Waals surface area contributed by atoms with Gasteiger partial charge in [0.25, 0.3) is 0 Å². The van der Waals surface area contributed by atoms with Gasteiger partial charge in [-0.05, 0) is 55.8 Å². The molecule has 0 spiro atoms. The third kappa shape index (κ3) is 6.29. The molecule has 0 heterocycles. The minimum absolute atomic E-state index is 0.326. The zero-order valence-electron chi connectivity index (χ0n) is 15.1. The molecule has 0 aliphatic carbocycles. The Labute approximate surface area is 172 Å². The second-order valence-corrected chi connectivity index (χ2v) is 6.61. The van der Waals surface area contributed by atoms with Gasteiger partial charge in [0.2, 0.25) is 5.91 Å². The fourth-order valence-electron chi connectivity index (χ4n) is 2.08. The molecule has 0 unspecified atom stereocenters. The van der Waals surface area contributed by atoms with Gasteiger partial charge in [-0.2, -0.15) is 0 Å². The summed E-state index contributed by atoms with van der Waals surface area (Å²) in [5, 5.41) is 6.13. The van der Waals surface area contributed by atoms with Gasteiger partial charge in [-0.25, -0.2) is 0 Å². The van der Waals surface area contributed by atoms with Crippen LogP contribution in [0.15, 0.2) is 54.2 Å². The molecule has 2 aromatic rings. The monoisotopic (exact) mass is 420 g/mol. The Morgan fingerprint density at radius 2 is 1.57 bits per heavy atom. The summed E-state index contributed by atoms with van der Waals surface area (Å²) in [6, 6.07) is 11.6. The van der Waals surface area contributed by atoms with Crippen LogP contribution in [0, 0.1) is 6.92 Å². The first kappa shape index (κ1) is 21.3. The quantitative estimate of drug-likeness (QED) is 0.338. The lowest BCUT2D eigenvalue weighted by Crippen LogP contribution is -2.43. The van der Waals surface area contributed by atoms with Crippen molar-refractivity contribution < 1.29 is 14.4 Å². The predicted molar refractivity (Wildman–Crippen MR) is 110 cm³/mol. The minimum atomic E-state index is -0.926. The Balaban J connectivity index is 1.85. The van der Waals surface area contributed by atoms with Gasteiger partial charge in [0.1, 0.15) is 0 Å². The van der Waals surface area contributed by atoms with Crippen molar-refractivity contribution in [2.24, 2.45) is 0 Å². The van der Waals surface area contributed by atoms with Crippen molar-refractivity contribution in [2.45, 2.75) is 13.8 Å². The number of hydrogen-bond acceptors (Lipinski definition) is 4. The van der Waals surface area contributed by atoms with E-state index in [1.54, 1.807) is 56.3 Å². The van der Waals surface area contributed by atoms with Crippen molar-refractivity contribution in [3.05, 3.63) is 69.8 Å². The standard InChI is InChI=1S/C19H18Cl2N4O3/c1-11(10-17(26)22-14-8-6-13(20)7-9-14)24-25-19(28)18(27)23-16-5-3-4-15(21)12(16)2/h3-10,24H,1-2H3,(H,22,26)(H,23,27)(H,25,28). The lowest BCUT2D eigenvalue weighted by atomic mass is 10.2. The third-order valence-corrected chi connectivity index (χ3v) is 4.22. The van der Waals surface area contributed by atoms with Crippen LogP contribution in [-0.2, 0) is 14.4 Å². The number of hydrazine groups is 1. The van der Waals surface area contributed by atoms with E-state index in [9.17, 15) is 14.4 Å². The maximum absolute atomic E-state index is 12.0. The summed E-state index contributed by atoms with van der Waals surface area (Å²) < 4.78 is 0. The molecule has 7 nitrogen and oxygen atoms in total. The molecule has 28 heavy (non-hydrogen) atoms. The number of nitrogens with one attached hydrogen (secondary N) is 4. The highest BCUT2D eigenvalue weighted by molar-refractivity contribution is 6.40. The molecular weight excluding hydrogens is 403 g/mol. The van der Waals surface area contributed by atoms with Gasteiger partial charge >= 0.3 is 11.8 Å². The first-order valence-electron chi connectivity index (χ1n) is 8.13. The van der Waals surface area contributed by atoms with Crippen LogP contribution >= 0.6 is 23.2 Å². The topological polar surface area (TPSA) is 99.3 Å². The van der Waals surface area contributed by atoms with Gasteiger partial charge in [-0.15, -0.1) is 0 Å². The van der Waals surface area contributed by atoms with Crippen LogP contribution in [-0.4, -0.2) is 17.7 Å². The highest BCUT2D eigenvalue weighted by Gasteiger charge is 2.15. The Morgan fingerprint density at radius 3 is 2.25 bits per heavy atom. The predicted octanol–water partition coefficient (Wildman–Crippen LogP) is 3.40. The molecule has 3 amide bonds. The molecule has 0 aliphatic heterocycles. The average molecular weight is 421 g/mol. The van der Waals surface area contributed by atoms with Crippen molar-refractivity contribution in [1.29, 1.82) is 0 Å². The second-order valence-electron chi connectivity index (χ2n) is 5.77. The molecule has 2 aromatic carbocycles. The normalized spacial score (nSPS) is 10.8. The summed E-state index contributed by atoms with van der Waals surface area (Å²) in [5.74, 6) is -2.22. The molecule has 0 bridgehead atoms. The van der Waals surface area contributed by atoms with Crippen molar-refractivity contribution in [3.63, 3.8) is 0 Å². The van der Waals surface area contributed by atoms with E-state index in [1.165, 1.54) is 6.08 Å². The first-order valence-corrected chi connectivity index (χ1v) is 8.89. The van der Waals surface area contributed by atoms with Crippen molar-refractivity contribution in [1.82, 2.24) is 10.9 Å². The van der Waals surface area contributed by atoms with Gasteiger partial charge in [0.15, 0.2) is 0 Å². The second kappa shape index (κ2) is 9.77. The number of allylic oxidation sites excluding steroid dienone is 1. The van der Waals surface area contributed by atoms with E-state index >= 15 is 0 Å². The third-order valence-electron chi connectivity index (χ3n) is 3.55. The van der Waals surface area contributed by atoms with Crippen LogP contribution < -0.4 is 21.5 Å². The molecule has 2 rings (SSSR count). The summed E-state index contributed by atoms with van der Waals surface area (Å²) in [4.78, 5) is 35.8. The summed E-state index contributed by atoms with van der Waals surface area (Å²) in [5.41, 5.74) is 6.68. The summed E-state index contributed by atoms with van der Waals surface area (Å²) in [7, 11) is 0. The molecule has 0 saturated heterocycles. The first-order chi connectivity index (χ1) is 13.3. The van der Waals surface area contributed by atoms with Crippen molar-refractivity contribution >= 4 is 52.3 Å². The summed E-state index contributed by atoms with van der Waals surface area (Å²) in [6.07, 6.45) is 1.23. The lowest BCUT2D eigenvalue weighted by molar-refractivity contribution is -0.136. The number of anilines is 2. The summed E-state index contributed by atoms with van der Waals surface area (Å²) in [6.45, 7) is 3.28. The van der Waals surface area contributed by atoms with Crippen LogP contribution in [0.3, 0.4) is 0 Å². The number of benzene rings is 2. The summed E-state index contributed by atoms with van der Waals surface area (Å²) >= 11 is 11.8. The molecule has 4 N–H and O–H groups in total. The molecule has 0 aliphatic rings. The van der Waals surface area contributed by atoms with Crippen LogP contribution in [0.1, 0.15) is 12.5 Å². The fourth-order valence-corrected chi connectivity index (χ4v) is 2.38. The largest absolute Gasteiger partial charge is 0.327 e. The van der Waals surface area contributed by atoms with E-state index in [0.29, 0.717) is 32.7 Å². The van der Waals surface area contributed by atoms with E-state index in [4.69, 9.17) is 23.2 Å². The number of rotatable bonds is 5. The van der Waals surface area contributed by atoms with E-state index in [-0.39, 0.29) is 0 Å². The van der Waals surface area contributed by atoms with Gasteiger partial charge in [-0.1, -0.05) is 29.3 Å². The molecule has 0 fully saturated rings.